The van der Waals surface area contributed by atoms with Gasteiger partial charge in [-0.2, -0.15) is 4.98 Å². The molecule has 1 fully saturated rings. The van der Waals surface area contributed by atoms with Crippen molar-refractivity contribution in [3.63, 3.8) is 0 Å². The van der Waals surface area contributed by atoms with Crippen molar-refractivity contribution in [1.82, 2.24) is 15.0 Å². The van der Waals surface area contributed by atoms with Gasteiger partial charge in [0.2, 0.25) is 0 Å². The minimum atomic E-state index is 0.266. The fraction of sp³-hybridized carbons (Fsp3) is 0.385. The molecule has 1 saturated heterocycles. The third-order valence-electron chi connectivity index (χ3n) is 3.23. The zero-order valence-electron chi connectivity index (χ0n) is 10.4. The van der Waals surface area contributed by atoms with E-state index in [4.69, 9.17) is 21.9 Å². The molecular weight excluding hydrogens is 264 g/mol. The molecule has 100 valence electrons. The molecular formula is C13H15ClN4O. The summed E-state index contributed by atoms with van der Waals surface area (Å²) in [5.41, 5.74) is 6.75. The van der Waals surface area contributed by atoms with Gasteiger partial charge in [0.15, 0.2) is 5.82 Å². The van der Waals surface area contributed by atoms with Crippen molar-refractivity contribution in [1.29, 1.82) is 0 Å². The number of likely N-dealkylation sites (tertiary alicyclic amines) is 1. The van der Waals surface area contributed by atoms with E-state index < -0.39 is 0 Å². The maximum Gasteiger partial charge on any atom is 0.257 e. The first-order valence-electron chi connectivity index (χ1n) is 6.27. The van der Waals surface area contributed by atoms with Crippen molar-refractivity contribution in [3.05, 3.63) is 35.1 Å². The monoisotopic (exact) mass is 278 g/mol. The molecule has 2 heterocycles. The lowest BCUT2D eigenvalue weighted by molar-refractivity contribution is 0.309. The summed E-state index contributed by atoms with van der Waals surface area (Å²) in [7, 11) is 0. The second-order valence-electron chi connectivity index (χ2n) is 4.81. The molecule has 1 aliphatic rings. The Hall–Kier alpha value is -1.43. The lowest BCUT2D eigenvalue weighted by Crippen LogP contribution is -2.26. The maximum atomic E-state index is 5.87. The molecule has 1 aromatic carbocycles. The van der Waals surface area contributed by atoms with Gasteiger partial charge < -0.3 is 10.3 Å². The standard InChI is InChI=1S/C13H15ClN4O/c14-10-3-1-9(2-4-10)13-16-12(17-19-13)8-18-6-5-11(15)7-18/h1-4,11H,5-8,15H2/t11-/m1/s1. The largest absolute Gasteiger partial charge is 0.334 e. The Balaban J connectivity index is 1.71. The van der Waals surface area contributed by atoms with Gasteiger partial charge in [0.25, 0.3) is 5.89 Å². The number of benzene rings is 1. The molecule has 0 amide bonds. The van der Waals surface area contributed by atoms with Gasteiger partial charge in [-0.25, -0.2) is 0 Å². The lowest BCUT2D eigenvalue weighted by Gasteiger charge is -2.11. The first kappa shape index (κ1) is 12.6. The number of hydrogen-bond acceptors (Lipinski definition) is 5. The van der Waals surface area contributed by atoms with E-state index >= 15 is 0 Å². The number of rotatable bonds is 3. The van der Waals surface area contributed by atoms with E-state index in [0.717, 1.165) is 25.1 Å². The van der Waals surface area contributed by atoms with Crippen LogP contribution in [0.1, 0.15) is 12.2 Å². The smallest absolute Gasteiger partial charge is 0.257 e. The molecule has 5 nitrogen and oxygen atoms in total. The molecule has 1 atom stereocenters. The zero-order valence-corrected chi connectivity index (χ0v) is 11.2. The van der Waals surface area contributed by atoms with Gasteiger partial charge in [-0.05, 0) is 30.7 Å². The summed E-state index contributed by atoms with van der Waals surface area (Å²) in [6.07, 6.45) is 1.03. The van der Waals surface area contributed by atoms with Crippen LogP contribution in [0.15, 0.2) is 28.8 Å². The fourth-order valence-corrected chi connectivity index (χ4v) is 2.36. The Morgan fingerprint density at radius 3 is 2.84 bits per heavy atom. The summed E-state index contributed by atoms with van der Waals surface area (Å²) in [5.74, 6) is 1.22. The van der Waals surface area contributed by atoms with Crippen LogP contribution in [0.2, 0.25) is 5.02 Å². The average molecular weight is 279 g/mol. The van der Waals surface area contributed by atoms with Gasteiger partial charge in [0, 0.05) is 29.7 Å². The minimum Gasteiger partial charge on any atom is -0.334 e. The normalized spacial score (nSPS) is 20.0. The third kappa shape index (κ3) is 2.94. The summed E-state index contributed by atoms with van der Waals surface area (Å²) >= 11 is 5.85. The molecule has 0 bridgehead atoms. The van der Waals surface area contributed by atoms with E-state index in [0.29, 0.717) is 23.3 Å². The van der Waals surface area contributed by atoms with Crippen LogP contribution in [0.5, 0.6) is 0 Å². The molecule has 1 aromatic heterocycles. The molecule has 3 rings (SSSR count). The van der Waals surface area contributed by atoms with Crippen molar-refractivity contribution < 1.29 is 4.52 Å². The Bertz CT molecular complexity index is 554. The molecule has 19 heavy (non-hydrogen) atoms. The van der Waals surface area contributed by atoms with Gasteiger partial charge in [-0.1, -0.05) is 16.8 Å². The maximum absolute atomic E-state index is 5.87. The van der Waals surface area contributed by atoms with Crippen LogP contribution in [0.3, 0.4) is 0 Å². The van der Waals surface area contributed by atoms with Crippen LogP contribution < -0.4 is 5.73 Å². The molecule has 0 aliphatic carbocycles. The van der Waals surface area contributed by atoms with Crippen LogP contribution in [-0.2, 0) is 6.54 Å². The van der Waals surface area contributed by atoms with Gasteiger partial charge in [0.05, 0.1) is 6.54 Å². The van der Waals surface area contributed by atoms with E-state index in [-0.39, 0.29) is 6.04 Å². The summed E-state index contributed by atoms with van der Waals surface area (Å²) in [4.78, 5) is 6.63. The van der Waals surface area contributed by atoms with Crippen molar-refractivity contribution in [2.24, 2.45) is 5.73 Å². The van der Waals surface area contributed by atoms with Crippen molar-refractivity contribution >= 4 is 11.6 Å². The highest BCUT2D eigenvalue weighted by atomic mass is 35.5. The minimum absolute atomic E-state index is 0.266. The van der Waals surface area contributed by atoms with Crippen LogP contribution >= 0.6 is 11.6 Å². The van der Waals surface area contributed by atoms with Crippen LogP contribution in [-0.4, -0.2) is 34.2 Å². The molecule has 2 N–H and O–H groups in total. The predicted octanol–water partition coefficient (Wildman–Crippen LogP) is 1.92. The Morgan fingerprint density at radius 1 is 1.37 bits per heavy atom. The summed E-state index contributed by atoms with van der Waals surface area (Å²) < 4.78 is 5.27. The summed E-state index contributed by atoms with van der Waals surface area (Å²) in [5, 5.41) is 4.69. The Labute approximate surface area is 116 Å². The Morgan fingerprint density at radius 2 is 2.16 bits per heavy atom. The van der Waals surface area contributed by atoms with Gasteiger partial charge in [-0.15, -0.1) is 0 Å². The van der Waals surface area contributed by atoms with E-state index in [9.17, 15) is 0 Å². The Kier molecular flexibility index (Phi) is 3.50. The zero-order chi connectivity index (χ0) is 13.2. The molecule has 0 unspecified atom stereocenters. The van der Waals surface area contributed by atoms with Crippen molar-refractivity contribution in [3.8, 4) is 11.5 Å². The highest BCUT2D eigenvalue weighted by Gasteiger charge is 2.21. The average Bonchev–Trinajstić information content (AvgIpc) is 3.00. The lowest BCUT2D eigenvalue weighted by atomic mass is 10.2. The molecule has 1 aliphatic heterocycles. The second-order valence-corrected chi connectivity index (χ2v) is 5.24. The SMILES string of the molecule is N[C@@H]1CCN(Cc2noc(-c3ccc(Cl)cc3)n2)C1. The van der Waals surface area contributed by atoms with Crippen molar-refractivity contribution in [2.45, 2.75) is 19.0 Å². The van der Waals surface area contributed by atoms with Gasteiger partial charge in [-0.3, -0.25) is 4.90 Å². The van der Waals surface area contributed by atoms with Gasteiger partial charge >= 0.3 is 0 Å². The third-order valence-corrected chi connectivity index (χ3v) is 3.49. The first-order chi connectivity index (χ1) is 9.20. The van der Waals surface area contributed by atoms with E-state index in [2.05, 4.69) is 15.0 Å². The summed E-state index contributed by atoms with van der Waals surface area (Å²) in [6.45, 7) is 2.57. The number of aromatic nitrogens is 2. The first-order valence-corrected chi connectivity index (χ1v) is 6.65. The number of nitrogens with two attached hydrogens (primary N) is 1. The number of nitrogens with zero attached hydrogens (tertiary/aromatic N) is 3. The van der Waals surface area contributed by atoms with Crippen LogP contribution in [0.25, 0.3) is 11.5 Å². The molecule has 6 heteroatoms. The van der Waals surface area contributed by atoms with Crippen LogP contribution in [0.4, 0.5) is 0 Å². The second kappa shape index (κ2) is 5.28. The van der Waals surface area contributed by atoms with E-state index in [1.807, 2.05) is 12.1 Å². The molecule has 0 spiro atoms. The molecule has 2 aromatic rings. The number of halogens is 1. The van der Waals surface area contributed by atoms with E-state index in [1.54, 1.807) is 12.1 Å². The predicted molar refractivity (Wildman–Crippen MR) is 72.6 cm³/mol. The van der Waals surface area contributed by atoms with Gasteiger partial charge in [0.1, 0.15) is 0 Å². The topological polar surface area (TPSA) is 68.2 Å². The quantitative estimate of drug-likeness (QED) is 0.929. The fourth-order valence-electron chi connectivity index (χ4n) is 2.23. The highest BCUT2D eigenvalue weighted by molar-refractivity contribution is 6.30. The molecule has 0 saturated carbocycles. The highest BCUT2D eigenvalue weighted by Crippen LogP contribution is 2.20. The van der Waals surface area contributed by atoms with E-state index in [1.165, 1.54) is 0 Å². The van der Waals surface area contributed by atoms with Crippen molar-refractivity contribution in [2.75, 3.05) is 13.1 Å². The number of hydrogen-bond donors (Lipinski definition) is 1. The molecule has 0 radical (unpaired) electrons. The summed E-state index contributed by atoms with van der Waals surface area (Å²) in [6, 6.07) is 7.61. The van der Waals surface area contributed by atoms with Crippen LogP contribution in [0, 0.1) is 0 Å².